The molecule has 1 aliphatic carbocycles. The van der Waals surface area contributed by atoms with Crippen LogP contribution in [0, 0.1) is 0 Å². The summed E-state index contributed by atoms with van der Waals surface area (Å²) in [6, 6.07) is 18.0. The number of rotatable bonds is 3. The Hall–Kier alpha value is -1.86. The van der Waals surface area contributed by atoms with E-state index in [-0.39, 0.29) is 5.54 Å². The number of nitrogens with one attached hydrogen (secondary N) is 1. The van der Waals surface area contributed by atoms with Gasteiger partial charge in [-0.3, -0.25) is 0 Å². The van der Waals surface area contributed by atoms with Crippen molar-refractivity contribution in [2.75, 3.05) is 0 Å². The zero-order valence-corrected chi connectivity index (χ0v) is 14.9. The van der Waals surface area contributed by atoms with Crippen LogP contribution in [-0.2, 0) is 0 Å². The molecule has 0 amide bonds. The van der Waals surface area contributed by atoms with E-state index in [0.717, 1.165) is 0 Å². The quantitative estimate of drug-likeness (QED) is 0.768. The second-order valence-electron chi connectivity index (χ2n) is 7.70. The first-order valence-corrected chi connectivity index (χ1v) is 8.50. The van der Waals surface area contributed by atoms with Gasteiger partial charge in [-0.2, -0.15) is 0 Å². The molecule has 23 heavy (non-hydrogen) atoms. The molecule has 2 unspecified atom stereocenters. The Morgan fingerprint density at radius 2 is 1.52 bits per heavy atom. The maximum Gasteiger partial charge on any atom is 0.0308 e. The molecule has 2 atom stereocenters. The molecule has 0 aromatic heterocycles. The highest BCUT2D eigenvalue weighted by atomic mass is 15.0. The molecule has 3 rings (SSSR count). The molecule has 2 aromatic carbocycles. The van der Waals surface area contributed by atoms with Gasteiger partial charge < -0.3 is 5.32 Å². The summed E-state index contributed by atoms with van der Waals surface area (Å²) in [5, 5.41) is 3.72. The van der Waals surface area contributed by atoms with E-state index in [1.165, 1.54) is 27.8 Å². The van der Waals surface area contributed by atoms with E-state index in [0.29, 0.717) is 12.0 Å². The zero-order chi connectivity index (χ0) is 16.6. The normalized spacial score (nSPS) is 18.5. The fraction of sp³-hybridized carbons (Fsp3) is 0.364. The van der Waals surface area contributed by atoms with E-state index in [9.17, 15) is 0 Å². The third kappa shape index (κ3) is 3.25. The first kappa shape index (κ1) is 16.0. The summed E-state index contributed by atoms with van der Waals surface area (Å²) in [5.41, 5.74) is 7.15. The minimum atomic E-state index is 0.102. The number of benzene rings is 2. The van der Waals surface area contributed by atoms with Crippen molar-refractivity contribution in [3.8, 4) is 0 Å². The van der Waals surface area contributed by atoms with Gasteiger partial charge >= 0.3 is 0 Å². The van der Waals surface area contributed by atoms with Gasteiger partial charge in [0.1, 0.15) is 0 Å². The second-order valence-corrected chi connectivity index (χ2v) is 7.70. The average Bonchev–Trinajstić information content (AvgIpc) is 2.81. The van der Waals surface area contributed by atoms with Crippen molar-refractivity contribution in [3.05, 3.63) is 76.4 Å². The van der Waals surface area contributed by atoms with Crippen molar-refractivity contribution in [1.29, 1.82) is 0 Å². The highest BCUT2D eigenvalue weighted by molar-refractivity contribution is 5.69. The second kappa shape index (κ2) is 5.98. The molecule has 1 heteroatoms. The van der Waals surface area contributed by atoms with Crippen LogP contribution in [0.15, 0.2) is 54.1 Å². The van der Waals surface area contributed by atoms with Crippen molar-refractivity contribution in [1.82, 2.24) is 5.32 Å². The molecular formula is C22H27N. The number of fused-ring (bicyclic) bond motifs is 1. The van der Waals surface area contributed by atoms with Gasteiger partial charge in [-0.1, -0.05) is 60.2 Å². The van der Waals surface area contributed by atoms with Gasteiger partial charge in [0.25, 0.3) is 0 Å². The highest BCUT2D eigenvalue weighted by Crippen LogP contribution is 2.42. The maximum atomic E-state index is 3.72. The van der Waals surface area contributed by atoms with Crippen LogP contribution in [0.3, 0.4) is 0 Å². The lowest BCUT2D eigenvalue weighted by Gasteiger charge is -2.29. The molecule has 1 aliphatic rings. The average molecular weight is 305 g/mol. The molecule has 120 valence electrons. The zero-order valence-electron chi connectivity index (χ0n) is 14.9. The number of hydrogen-bond donors (Lipinski definition) is 1. The topological polar surface area (TPSA) is 12.0 Å². The van der Waals surface area contributed by atoms with Crippen LogP contribution in [-0.4, -0.2) is 5.54 Å². The van der Waals surface area contributed by atoms with Crippen LogP contribution in [0.1, 0.15) is 68.8 Å². The lowest BCUT2D eigenvalue weighted by molar-refractivity contribution is 0.377. The number of allylic oxidation sites excluding steroid dienone is 1. The summed E-state index contributed by atoms with van der Waals surface area (Å²) in [6.45, 7) is 11.2. The molecule has 2 aromatic rings. The van der Waals surface area contributed by atoms with E-state index >= 15 is 0 Å². The molecule has 0 saturated heterocycles. The van der Waals surface area contributed by atoms with E-state index < -0.39 is 0 Å². The fourth-order valence-electron chi connectivity index (χ4n) is 3.79. The minimum Gasteiger partial charge on any atom is -0.306 e. The third-order valence-electron chi connectivity index (χ3n) is 4.57. The SMILES string of the molecule is CC1=Cc2ccccc2C1c1ccccc1C(C)NC(C)(C)C. The highest BCUT2D eigenvalue weighted by Gasteiger charge is 2.27. The summed E-state index contributed by atoms with van der Waals surface area (Å²) in [7, 11) is 0. The van der Waals surface area contributed by atoms with Crippen molar-refractivity contribution < 1.29 is 0 Å². The largest absolute Gasteiger partial charge is 0.306 e. The van der Waals surface area contributed by atoms with Crippen LogP contribution in [0.25, 0.3) is 6.08 Å². The Balaban J connectivity index is 2.04. The molecule has 0 saturated carbocycles. The Labute approximate surface area is 140 Å². The summed E-state index contributed by atoms with van der Waals surface area (Å²) in [6.07, 6.45) is 2.33. The molecule has 1 nitrogen and oxygen atoms in total. The Bertz CT molecular complexity index is 734. The molecule has 0 spiro atoms. The van der Waals surface area contributed by atoms with Gasteiger partial charge in [0.15, 0.2) is 0 Å². The molecule has 0 heterocycles. The van der Waals surface area contributed by atoms with Gasteiger partial charge in [-0.05, 0) is 56.9 Å². The lowest BCUT2D eigenvalue weighted by atomic mass is 9.84. The number of hydrogen-bond acceptors (Lipinski definition) is 1. The molecule has 0 fully saturated rings. The Morgan fingerprint density at radius 1 is 0.913 bits per heavy atom. The van der Waals surface area contributed by atoms with Gasteiger partial charge in [-0.15, -0.1) is 0 Å². The van der Waals surface area contributed by atoms with E-state index in [1.54, 1.807) is 0 Å². The van der Waals surface area contributed by atoms with Crippen molar-refractivity contribution in [2.45, 2.75) is 52.1 Å². The van der Waals surface area contributed by atoms with Crippen LogP contribution >= 0.6 is 0 Å². The van der Waals surface area contributed by atoms with Crippen LogP contribution < -0.4 is 5.32 Å². The third-order valence-corrected chi connectivity index (χ3v) is 4.57. The van der Waals surface area contributed by atoms with Gasteiger partial charge in [0.05, 0.1) is 0 Å². The lowest BCUT2D eigenvalue weighted by Crippen LogP contribution is -2.38. The van der Waals surface area contributed by atoms with Gasteiger partial charge in [0.2, 0.25) is 0 Å². The Kier molecular flexibility index (Phi) is 4.16. The molecule has 0 bridgehead atoms. The van der Waals surface area contributed by atoms with E-state index in [1.807, 2.05) is 0 Å². The van der Waals surface area contributed by atoms with Crippen LogP contribution in [0.4, 0.5) is 0 Å². The summed E-state index contributed by atoms with van der Waals surface area (Å²) < 4.78 is 0. The van der Waals surface area contributed by atoms with E-state index in [2.05, 4.69) is 94.5 Å². The predicted octanol–water partition coefficient (Wildman–Crippen LogP) is 5.68. The first-order chi connectivity index (χ1) is 10.9. The maximum absolute atomic E-state index is 3.72. The molecular weight excluding hydrogens is 278 g/mol. The fourth-order valence-corrected chi connectivity index (χ4v) is 3.79. The standard InChI is InChI=1S/C22H27N/c1-15-14-17-10-6-7-12-19(17)21(15)20-13-9-8-11-18(20)16(2)23-22(3,4)5/h6-14,16,21,23H,1-5H3. The molecule has 1 N–H and O–H groups in total. The summed E-state index contributed by atoms with van der Waals surface area (Å²) >= 11 is 0. The van der Waals surface area contributed by atoms with Crippen LogP contribution in [0.2, 0.25) is 0 Å². The smallest absolute Gasteiger partial charge is 0.0308 e. The first-order valence-electron chi connectivity index (χ1n) is 8.50. The molecule has 0 aliphatic heterocycles. The van der Waals surface area contributed by atoms with E-state index in [4.69, 9.17) is 0 Å². The van der Waals surface area contributed by atoms with Crippen LogP contribution in [0.5, 0.6) is 0 Å². The van der Waals surface area contributed by atoms with Crippen molar-refractivity contribution >= 4 is 6.08 Å². The Morgan fingerprint density at radius 3 is 2.22 bits per heavy atom. The van der Waals surface area contributed by atoms with Gasteiger partial charge in [0, 0.05) is 17.5 Å². The minimum absolute atomic E-state index is 0.102. The monoisotopic (exact) mass is 305 g/mol. The van der Waals surface area contributed by atoms with Crippen molar-refractivity contribution in [3.63, 3.8) is 0 Å². The summed E-state index contributed by atoms with van der Waals surface area (Å²) in [4.78, 5) is 0. The van der Waals surface area contributed by atoms with Crippen molar-refractivity contribution in [2.24, 2.45) is 0 Å². The predicted molar refractivity (Wildman–Crippen MR) is 99.7 cm³/mol. The summed E-state index contributed by atoms with van der Waals surface area (Å²) in [5.74, 6) is 0.381. The van der Waals surface area contributed by atoms with Gasteiger partial charge in [-0.25, -0.2) is 0 Å². The molecule has 0 radical (unpaired) electrons.